The smallest absolute Gasteiger partial charge is 0.392 e. The van der Waals surface area contributed by atoms with Gasteiger partial charge in [0.05, 0.1) is 12.2 Å². The highest BCUT2D eigenvalue weighted by atomic mass is 19.4. The van der Waals surface area contributed by atoms with Crippen LogP contribution in [-0.2, 0) is 12.8 Å². The van der Waals surface area contributed by atoms with Gasteiger partial charge < -0.3 is 5.11 Å². The van der Waals surface area contributed by atoms with E-state index in [1.54, 1.807) is 30.3 Å². The molecule has 0 aromatic heterocycles. The fourth-order valence-electron chi connectivity index (χ4n) is 1.79. The van der Waals surface area contributed by atoms with Gasteiger partial charge in [-0.25, -0.2) is 0 Å². The number of hydrogen-bond donors (Lipinski definition) is 1. The molecule has 0 spiro atoms. The van der Waals surface area contributed by atoms with Crippen LogP contribution in [0.1, 0.15) is 11.1 Å². The fourth-order valence-corrected chi connectivity index (χ4v) is 1.79. The summed E-state index contributed by atoms with van der Waals surface area (Å²) >= 11 is 0. The average molecular weight is 252 g/mol. The van der Waals surface area contributed by atoms with E-state index in [1.165, 1.54) is 12.1 Å². The maximum Gasteiger partial charge on any atom is 0.417 e. The molecule has 94 valence electrons. The third-order valence-corrected chi connectivity index (χ3v) is 2.66. The zero-order valence-electron chi connectivity index (χ0n) is 9.41. The number of aliphatic hydroxyl groups excluding tert-OH is 1. The van der Waals surface area contributed by atoms with Crippen LogP contribution >= 0.6 is 0 Å². The minimum absolute atomic E-state index is 0.125. The second kappa shape index (κ2) is 4.82. The molecule has 0 unspecified atom stereocenters. The summed E-state index contributed by atoms with van der Waals surface area (Å²) in [6.45, 7) is -0.405. The quantitative estimate of drug-likeness (QED) is 0.860. The van der Waals surface area contributed by atoms with Gasteiger partial charge in [-0.1, -0.05) is 42.5 Å². The second-order valence-corrected chi connectivity index (χ2v) is 3.90. The van der Waals surface area contributed by atoms with Crippen molar-refractivity contribution in [2.24, 2.45) is 0 Å². The summed E-state index contributed by atoms with van der Waals surface area (Å²) in [6.07, 6.45) is -4.43. The Morgan fingerprint density at radius 2 is 1.61 bits per heavy atom. The monoisotopic (exact) mass is 252 g/mol. The number of benzene rings is 2. The minimum atomic E-state index is -4.43. The van der Waals surface area contributed by atoms with E-state index in [0.717, 1.165) is 6.07 Å². The molecule has 1 N–H and O–H groups in total. The Labute approximate surface area is 103 Å². The van der Waals surface area contributed by atoms with Crippen LogP contribution in [0.15, 0.2) is 48.5 Å². The minimum Gasteiger partial charge on any atom is -0.392 e. The van der Waals surface area contributed by atoms with Gasteiger partial charge in [0.2, 0.25) is 0 Å². The lowest BCUT2D eigenvalue weighted by molar-refractivity contribution is -0.137. The van der Waals surface area contributed by atoms with Gasteiger partial charge in [-0.15, -0.1) is 0 Å². The zero-order chi connectivity index (χ0) is 13.2. The van der Waals surface area contributed by atoms with Crippen molar-refractivity contribution in [3.63, 3.8) is 0 Å². The molecule has 0 saturated carbocycles. The molecule has 18 heavy (non-hydrogen) atoms. The van der Waals surface area contributed by atoms with Crippen molar-refractivity contribution in [2.75, 3.05) is 0 Å². The summed E-state index contributed by atoms with van der Waals surface area (Å²) < 4.78 is 38.9. The molecule has 0 aliphatic carbocycles. The Morgan fingerprint density at radius 1 is 0.944 bits per heavy atom. The highest BCUT2D eigenvalue weighted by Crippen LogP contribution is 2.37. The highest BCUT2D eigenvalue weighted by Gasteiger charge is 2.33. The van der Waals surface area contributed by atoms with Crippen LogP contribution in [0.25, 0.3) is 11.1 Å². The van der Waals surface area contributed by atoms with Gasteiger partial charge >= 0.3 is 6.18 Å². The summed E-state index contributed by atoms with van der Waals surface area (Å²) in [5, 5.41) is 8.92. The van der Waals surface area contributed by atoms with E-state index in [1.807, 2.05) is 0 Å². The molecule has 0 heterocycles. The SMILES string of the molecule is OCc1ccc(-c2ccccc2)c(C(F)(F)F)c1. The van der Waals surface area contributed by atoms with E-state index in [9.17, 15) is 13.2 Å². The predicted molar refractivity (Wildman–Crippen MR) is 62.8 cm³/mol. The standard InChI is InChI=1S/C14H11F3O/c15-14(16,17)13-8-10(9-18)6-7-12(13)11-4-2-1-3-5-11/h1-8,18H,9H2. The Bertz CT molecular complexity index is 532. The Morgan fingerprint density at radius 3 is 2.17 bits per heavy atom. The summed E-state index contributed by atoms with van der Waals surface area (Å²) in [5.74, 6) is 0. The van der Waals surface area contributed by atoms with Gasteiger partial charge in [0.25, 0.3) is 0 Å². The third kappa shape index (κ3) is 2.54. The maximum absolute atomic E-state index is 13.0. The molecule has 0 fully saturated rings. The normalized spacial score (nSPS) is 11.6. The molecule has 2 rings (SSSR count). The molecule has 0 aliphatic heterocycles. The molecule has 0 amide bonds. The summed E-state index contributed by atoms with van der Waals surface area (Å²) in [4.78, 5) is 0. The number of rotatable bonds is 2. The van der Waals surface area contributed by atoms with Crippen molar-refractivity contribution in [2.45, 2.75) is 12.8 Å². The van der Waals surface area contributed by atoms with Gasteiger partial charge in [0.15, 0.2) is 0 Å². The van der Waals surface area contributed by atoms with Gasteiger partial charge in [-0.05, 0) is 22.8 Å². The predicted octanol–water partition coefficient (Wildman–Crippen LogP) is 3.86. The van der Waals surface area contributed by atoms with Gasteiger partial charge in [0.1, 0.15) is 0 Å². The van der Waals surface area contributed by atoms with E-state index in [-0.39, 0.29) is 11.1 Å². The third-order valence-electron chi connectivity index (χ3n) is 2.66. The lowest BCUT2D eigenvalue weighted by atomic mass is 9.97. The molecule has 2 aromatic rings. The number of alkyl halides is 3. The molecular weight excluding hydrogens is 241 g/mol. The highest BCUT2D eigenvalue weighted by molar-refractivity contribution is 5.68. The van der Waals surface area contributed by atoms with Crippen molar-refractivity contribution in [3.05, 3.63) is 59.7 Å². The van der Waals surface area contributed by atoms with Gasteiger partial charge in [-0.3, -0.25) is 0 Å². The van der Waals surface area contributed by atoms with Crippen LogP contribution < -0.4 is 0 Å². The lowest BCUT2D eigenvalue weighted by Gasteiger charge is -2.14. The van der Waals surface area contributed by atoms with Crippen molar-refractivity contribution in [1.29, 1.82) is 0 Å². The largest absolute Gasteiger partial charge is 0.417 e. The molecule has 0 bridgehead atoms. The van der Waals surface area contributed by atoms with Gasteiger partial charge in [-0.2, -0.15) is 13.2 Å². The first kappa shape index (κ1) is 12.6. The number of hydrogen-bond acceptors (Lipinski definition) is 1. The van der Waals surface area contributed by atoms with E-state index < -0.39 is 18.3 Å². The Kier molecular flexibility index (Phi) is 3.39. The van der Waals surface area contributed by atoms with Crippen LogP contribution in [0.5, 0.6) is 0 Å². The van der Waals surface area contributed by atoms with Crippen LogP contribution in [0.3, 0.4) is 0 Å². The molecule has 2 aromatic carbocycles. The second-order valence-electron chi connectivity index (χ2n) is 3.90. The first-order valence-electron chi connectivity index (χ1n) is 5.39. The summed E-state index contributed by atoms with van der Waals surface area (Å²) in [6, 6.07) is 12.3. The summed E-state index contributed by atoms with van der Waals surface area (Å²) in [7, 11) is 0. The van der Waals surface area contributed by atoms with E-state index >= 15 is 0 Å². The Balaban J connectivity index is 2.61. The van der Waals surface area contributed by atoms with Crippen LogP contribution in [-0.4, -0.2) is 5.11 Å². The average Bonchev–Trinajstić information content (AvgIpc) is 2.38. The molecule has 1 nitrogen and oxygen atoms in total. The topological polar surface area (TPSA) is 20.2 Å². The molecule has 0 radical (unpaired) electrons. The molecular formula is C14H11F3O. The van der Waals surface area contributed by atoms with Crippen LogP contribution in [0.4, 0.5) is 13.2 Å². The molecule has 0 aliphatic rings. The van der Waals surface area contributed by atoms with Crippen molar-refractivity contribution >= 4 is 0 Å². The van der Waals surface area contributed by atoms with Crippen molar-refractivity contribution < 1.29 is 18.3 Å². The van der Waals surface area contributed by atoms with Gasteiger partial charge in [0, 0.05) is 0 Å². The van der Waals surface area contributed by atoms with Crippen LogP contribution in [0, 0.1) is 0 Å². The number of halogens is 3. The van der Waals surface area contributed by atoms with Crippen molar-refractivity contribution in [3.8, 4) is 11.1 Å². The molecule has 0 atom stereocenters. The van der Waals surface area contributed by atoms with E-state index in [2.05, 4.69) is 0 Å². The van der Waals surface area contributed by atoms with E-state index in [0.29, 0.717) is 5.56 Å². The Hall–Kier alpha value is -1.81. The first-order chi connectivity index (χ1) is 8.52. The first-order valence-corrected chi connectivity index (χ1v) is 5.39. The number of aliphatic hydroxyl groups is 1. The van der Waals surface area contributed by atoms with Crippen molar-refractivity contribution in [1.82, 2.24) is 0 Å². The lowest BCUT2D eigenvalue weighted by Crippen LogP contribution is -2.08. The molecule has 4 heteroatoms. The van der Waals surface area contributed by atoms with Crippen LogP contribution in [0.2, 0.25) is 0 Å². The van der Waals surface area contributed by atoms with E-state index in [4.69, 9.17) is 5.11 Å². The fraction of sp³-hybridized carbons (Fsp3) is 0.143. The maximum atomic E-state index is 13.0. The molecule has 0 saturated heterocycles. The zero-order valence-corrected chi connectivity index (χ0v) is 9.41. The summed E-state index contributed by atoms with van der Waals surface area (Å²) in [5.41, 5.74) is 0.164.